The van der Waals surface area contributed by atoms with Crippen LogP contribution in [0.15, 0.2) is 18.2 Å². The molecule has 2 nitrogen and oxygen atoms in total. The minimum Gasteiger partial charge on any atom is -0.379 e. The lowest BCUT2D eigenvalue weighted by Gasteiger charge is -2.26. The second kappa shape index (κ2) is 7.01. The van der Waals surface area contributed by atoms with Gasteiger partial charge in [-0.3, -0.25) is 0 Å². The molecule has 3 heteroatoms. The monoisotopic (exact) mass is 267 g/mol. The lowest BCUT2D eigenvalue weighted by atomic mass is 9.94. The predicted molar refractivity (Wildman–Crippen MR) is 77.9 cm³/mol. The number of benzene rings is 1. The third-order valence-corrected chi connectivity index (χ3v) is 3.62. The first-order valence-electron chi connectivity index (χ1n) is 6.94. The summed E-state index contributed by atoms with van der Waals surface area (Å²) < 4.78 is 18.8. The normalized spacial score (nSPS) is 13.6. The van der Waals surface area contributed by atoms with Crippen LogP contribution in [0.25, 0.3) is 0 Å². The van der Waals surface area contributed by atoms with Crippen LogP contribution in [0.5, 0.6) is 0 Å². The van der Waals surface area contributed by atoms with Crippen molar-refractivity contribution in [2.24, 2.45) is 0 Å². The number of aryl methyl sites for hydroxylation is 1. The molecule has 0 saturated heterocycles. The second-order valence-corrected chi connectivity index (χ2v) is 5.62. The lowest BCUT2D eigenvalue weighted by Crippen LogP contribution is -2.27. The quantitative estimate of drug-likeness (QED) is 0.806. The fraction of sp³-hybridized carbons (Fsp3) is 0.625. The van der Waals surface area contributed by atoms with Crippen LogP contribution in [0.2, 0.25) is 0 Å². The molecule has 1 aromatic carbocycles. The molecule has 1 rings (SSSR count). The fourth-order valence-electron chi connectivity index (χ4n) is 2.11. The molecule has 0 spiro atoms. The van der Waals surface area contributed by atoms with Crippen molar-refractivity contribution in [2.45, 2.75) is 52.2 Å². The number of hydrogen-bond acceptors (Lipinski definition) is 2. The molecule has 0 aliphatic carbocycles. The molecule has 0 heterocycles. The standard InChI is InChI=1S/C16H26FNO/c1-6-18-15(9-10-16(3,4)19-5)13-7-8-14(17)12(2)11-13/h7-8,11,15,18H,6,9-10H2,1-5H3. The molecule has 0 fully saturated rings. The zero-order chi connectivity index (χ0) is 14.5. The number of methoxy groups -OCH3 is 1. The molecule has 0 aliphatic rings. The van der Waals surface area contributed by atoms with E-state index in [-0.39, 0.29) is 17.5 Å². The third kappa shape index (κ3) is 4.92. The van der Waals surface area contributed by atoms with Gasteiger partial charge in [-0.05, 0) is 57.4 Å². The van der Waals surface area contributed by atoms with Gasteiger partial charge < -0.3 is 10.1 Å². The maximum Gasteiger partial charge on any atom is 0.126 e. The van der Waals surface area contributed by atoms with Crippen molar-refractivity contribution in [3.63, 3.8) is 0 Å². The largest absolute Gasteiger partial charge is 0.379 e. The number of halogens is 1. The molecule has 0 aromatic heterocycles. The van der Waals surface area contributed by atoms with E-state index in [0.29, 0.717) is 5.56 Å². The molecule has 1 atom stereocenters. The van der Waals surface area contributed by atoms with Crippen LogP contribution in [-0.2, 0) is 4.74 Å². The van der Waals surface area contributed by atoms with E-state index in [0.717, 1.165) is 24.9 Å². The van der Waals surface area contributed by atoms with Gasteiger partial charge in [-0.1, -0.05) is 19.1 Å². The van der Waals surface area contributed by atoms with Gasteiger partial charge >= 0.3 is 0 Å². The van der Waals surface area contributed by atoms with E-state index < -0.39 is 0 Å². The molecule has 1 N–H and O–H groups in total. The summed E-state index contributed by atoms with van der Waals surface area (Å²) >= 11 is 0. The summed E-state index contributed by atoms with van der Waals surface area (Å²) in [6, 6.07) is 5.60. The molecule has 1 aromatic rings. The van der Waals surface area contributed by atoms with Gasteiger partial charge in [0, 0.05) is 13.2 Å². The SMILES string of the molecule is CCNC(CCC(C)(C)OC)c1ccc(F)c(C)c1. The van der Waals surface area contributed by atoms with Gasteiger partial charge in [-0.2, -0.15) is 0 Å². The maximum atomic E-state index is 13.3. The van der Waals surface area contributed by atoms with Crippen LogP contribution in [-0.4, -0.2) is 19.3 Å². The molecule has 108 valence electrons. The maximum absolute atomic E-state index is 13.3. The zero-order valence-electron chi connectivity index (χ0n) is 12.7. The van der Waals surface area contributed by atoms with E-state index in [9.17, 15) is 4.39 Å². The van der Waals surface area contributed by atoms with E-state index in [1.54, 1.807) is 20.1 Å². The Morgan fingerprint density at radius 3 is 2.58 bits per heavy atom. The van der Waals surface area contributed by atoms with Crippen molar-refractivity contribution in [2.75, 3.05) is 13.7 Å². The summed E-state index contributed by atoms with van der Waals surface area (Å²) in [4.78, 5) is 0. The van der Waals surface area contributed by atoms with Crippen molar-refractivity contribution in [3.05, 3.63) is 35.1 Å². The number of ether oxygens (including phenoxy) is 1. The highest BCUT2D eigenvalue weighted by Crippen LogP contribution is 2.25. The molecule has 0 saturated carbocycles. The molecule has 0 bridgehead atoms. The molecule has 0 radical (unpaired) electrons. The number of rotatable bonds is 7. The van der Waals surface area contributed by atoms with Crippen LogP contribution in [0.4, 0.5) is 4.39 Å². The van der Waals surface area contributed by atoms with Crippen LogP contribution in [0.1, 0.15) is 50.8 Å². The summed E-state index contributed by atoms with van der Waals surface area (Å²) in [6.07, 6.45) is 1.93. The molecule has 1 unspecified atom stereocenters. The van der Waals surface area contributed by atoms with Crippen molar-refractivity contribution in [3.8, 4) is 0 Å². The van der Waals surface area contributed by atoms with E-state index in [4.69, 9.17) is 4.74 Å². The zero-order valence-corrected chi connectivity index (χ0v) is 12.7. The van der Waals surface area contributed by atoms with E-state index in [1.807, 2.05) is 12.1 Å². The van der Waals surface area contributed by atoms with Crippen LogP contribution >= 0.6 is 0 Å². The van der Waals surface area contributed by atoms with Crippen molar-refractivity contribution < 1.29 is 9.13 Å². The molecular weight excluding hydrogens is 241 g/mol. The van der Waals surface area contributed by atoms with Crippen molar-refractivity contribution in [1.82, 2.24) is 5.32 Å². The summed E-state index contributed by atoms with van der Waals surface area (Å²) in [5, 5.41) is 3.46. The summed E-state index contributed by atoms with van der Waals surface area (Å²) in [7, 11) is 1.74. The van der Waals surface area contributed by atoms with E-state index in [1.165, 1.54) is 0 Å². The van der Waals surface area contributed by atoms with Crippen LogP contribution in [0.3, 0.4) is 0 Å². The third-order valence-electron chi connectivity index (χ3n) is 3.62. The highest BCUT2D eigenvalue weighted by Gasteiger charge is 2.20. The Morgan fingerprint density at radius 1 is 1.37 bits per heavy atom. The van der Waals surface area contributed by atoms with E-state index in [2.05, 4.69) is 26.1 Å². The minimum absolute atomic E-state index is 0.122. The van der Waals surface area contributed by atoms with Gasteiger partial charge in [0.25, 0.3) is 0 Å². The van der Waals surface area contributed by atoms with Crippen LogP contribution in [0, 0.1) is 12.7 Å². The Morgan fingerprint density at radius 2 is 2.05 bits per heavy atom. The topological polar surface area (TPSA) is 21.3 Å². The Balaban J connectivity index is 2.79. The van der Waals surface area contributed by atoms with Gasteiger partial charge in [0.1, 0.15) is 5.82 Å². The predicted octanol–water partition coefficient (Wildman–Crippen LogP) is 3.99. The minimum atomic E-state index is -0.142. The summed E-state index contributed by atoms with van der Waals surface area (Å²) in [6.45, 7) is 8.97. The molecule has 0 amide bonds. The average Bonchev–Trinajstić information content (AvgIpc) is 2.38. The fourth-order valence-corrected chi connectivity index (χ4v) is 2.11. The van der Waals surface area contributed by atoms with Gasteiger partial charge in [-0.15, -0.1) is 0 Å². The smallest absolute Gasteiger partial charge is 0.126 e. The molecule has 19 heavy (non-hydrogen) atoms. The van der Waals surface area contributed by atoms with Crippen LogP contribution < -0.4 is 5.32 Å². The molecular formula is C16H26FNO. The van der Waals surface area contributed by atoms with Gasteiger partial charge in [-0.25, -0.2) is 4.39 Å². The van der Waals surface area contributed by atoms with Gasteiger partial charge in [0.2, 0.25) is 0 Å². The average molecular weight is 267 g/mol. The van der Waals surface area contributed by atoms with E-state index >= 15 is 0 Å². The first-order chi connectivity index (χ1) is 8.89. The first-order valence-corrected chi connectivity index (χ1v) is 6.94. The summed E-state index contributed by atoms with van der Waals surface area (Å²) in [5.74, 6) is -0.142. The number of hydrogen-bond donors (Lipinski definition) is 1. The Labute approximate surface area is 116 Å². The highest BCUT2D eigenvalue weighted by molar-refractivity contribution is 5.26. The highest BCUT2D eigenvalue weighted by atomic mass is 19.1. The van der Waals surface area contributed by atoms with Crippen molar-refractivity contribution in [1.29, 1.82) is 0 Å². The second-order valence-electron chi connectivity index (χ2n) is 5.62. The summed E-state index contributed by atoms with van der Waals surface area (Å²) in [5.41, 5.74) is 1.72. The van der Waals surface area contributed by atoms with Gasteiger partial charge in [0.05, 0.1) is 5.60 Å². The Bertz CT molecular complexity index is 404. The first kappa shape index (κ1) is 16.1. The number of nitrogens with one attached hydrogen (secondary N) is 1. The Hall–Kier alpha value is -0.930. The molecule has 0 aliphatic heterocycles. The Kier molecular flexibility index (Phi) is 5.95. The van der Waals surface area contributed by atoms with Crippen molar-refractivity contribution >= 4 is 0 Å². The lowest BCUT2D eigenvalue weighted by molar-refractivity contribution is 0.0117. The van der Waals surface area contributed by atoms with Gasteiger partial charge in [0.15, 0.2) is 0 Å².